The number of fused-ring (bicyclic) bond motifs is 1. The SMILES string of the molecule is O=C(O)C[C@H]1CN(c2ncnc3[nH]ccc23)CCO1. The standard InChI is InChI=1S/C12H14N4O3/c17-10(18)5-8-6-16(3-4-19-8)12-9-1-2-13-11(9)14-7-15-12/h1-2,7-8H,3-6H2,(H,17,18)(H,13,14,15)/t8-/m0/s1. The molecule has 0 amide bonds. The van der Waals surface area contributed by atoms with Crippen LogP contribution in [0.5, 0.6) is 0 Å². The lowest BCUT2D eigenvalue weighted by atomic mass is 10.2. The van der Waals surface area contributed by atoms with Crippen LogP contribution in [0.15, 0.2) is 18.6 Å². The van der Waals surface area contributed by atoms with Gasteiger partial charge in [-0.2, -0.15) is 0 Å². The summed E-state index contributed by atoms with van der Waals surface area (Å²) in [5.41, 5.74) is 0.784. The Hall–Kier alpha value is -2.15. The third kappa shape index (κ3) is 2.37. The number of carboxylic acid groups (broad SMARTS) is 1. The van der Waals surface area contributed by atoms with Crippen LogP contribution in [0.4, 0.5) is 5.82 Å². The van der Waals surface area contributed by atoms with Crippen molar-refractivity contribution in [2.75, 3.05) is 24.6 Å². The number of aliphatic carboxylic acids is 1. The Bertz CT molecular complexity index is 597. The van der Waals surface area contributed by atoms with Gasteiger partial charge in [0.15, 0.2) is 0 Å². The number of nitrogens with zero attached hydrogens (tertiary/aromatic N) is 3. The summed E-state index contributed by atoms with van der Waals surface area (Å²) in [5, 5.41) is 9.78. The Balaban J connectivity index is 1.85. The van der Waals surface area contributed by atoms with Gasteiger partial charge in [-0.3, -0.25) is 4.79 Å². The molecule has 7 nitrogen and oxygen atoms in total. The number of nitrogens with one attached hydrogen (secondary N) is 1. The van der Waals surface area contributed by atoms with Crippen molar-refractivity contribution in [2.24, 2.45) is 0 Å². The largest absolute Gasteiger partial charge is 0.481 e. The lowest BCUT2D eigenvalue weighted by Gasteiger charge is -2.33. The third-order valence-corrected chi connectivity index (χ3v) is 3.17. The fourth-order valence-electron chi connectivity index (χ4n) is 2.34. The number of ether oxygens (including phenoxy) is 1. The molecule has 0 radical (unpaired) electrons. The average Bonchev–Trinajstić information content (AvgIpc) is 2.86. The molecule has 7 heteroatoms. The molecule has 2 N–H and O–H groups in total. The molecule has 0 aliphatic carbocycles. The van der Waals surface area contributed by atoms with Crippen molar-refractivity contribution in [3.05, 3.63) is 18.6 Å². The van der Waals surface area contributed by atoms with Crippen LogP contribution in [-0.2, 0) is 9.53 Å². The van der Waals surface area contributed by atoms with Crippen LogP contribution in [0, 0.1) is 0 Å². The Morgan fingerprint density at radius 1 is 1.58 bits per heavy atom. The second kappa shape index (κ2) is 4.85. The van der Waals surface area contributed by atoms with Crippen LogP contribution in [0.3, 0.4) is 0 Å². The summed E-state index contributed by atoms with van der Waals surface area (Å²) in [4.78, 5) is 24.3. The molecule has 1 atom stereocenters. The number of H-pyrrole nitrogens is 1. The minimum Gasteiger partial charge on any atom is -0.481 e. The van der Waals surface area contributed by atoms with Crippen molar-refractivity contribution in [3.8, 4) is 0 Å². The first kappa shape index (κ1) is 11.9. The molecule has 1 fully saturated rings. The number of aromatic amines is 1. The molecule has 0 aromatic carbocycles. The summed E-state index contributed by atoms with van der Waals surface area (Å²) < 4.78 is 5.46. The molecule has 19 heavy (non-hydrogen) atoms. The Kier molecular flexibility index (Phi) is 3.04. The molecule has 0 saturated carbocycles. The molecular weight excluding hydrogens is 248 g/mol. The van der Waals surface area contributed by atoms with E-state index in [-0.39, 0.29) is 12.5 Å². The predicted octanol–water partition coefficient (Wildman–Crippen LogP) is 0.638. The zero-order chi connectivity index (χ0) is 13.2. The number of rotatable bonds is 3. The van der Waals surface area contributed by atoms with Gasteiger partial charge in [-0.1, -0.05) is 0 Å². The highest BCUT2D eigenvalue weighted by Gasteiger charge is 2.24. The molecule has 1 aliphatic rings. The molecule has 2 aromatic rings. The number of anilines is 1. The van der Waals surface area contributed by atoms with Crippen LogP contribution in [-0.4, -0.2) is 51.8 Å². The van der Waals surface area contributed by atoms with Crippen LogP contribution in [0.25, 0.3) is 11.0 Å². The highest BCUT2D eigenvalue weighted by atomic mass is 16.5. The van der Waals surface area contributed by atoms with Crippen molar-refractivity contribution in [1.82, 2.24) is 15.0 Å². The summed E-state index contributed by atoms with van der Waals surface area (Å²) in [6, 6.07) is 1.92. The first-order valence-corrected chi connectivity index (χ1v) is 6.10. The number of carboxylic acids is 1. The summed E-state index contributed by atoms with van der Waals surface area (Å²) in [6.07, 6.45) is 3.04. The van der Waals surface area contributed by atoms with E-state index in [1.807, 2.05) is 12.3 Å². The van der Waals surface area contributed by atoms with Crippen LogP contribution < -0.4 is 4.90 Å². The predicted molar refractivity (Wildman–Crippen MR) is 68.1 cm³/mol. The van der Waals surface area contributed by atoms with E-state index >= 15 is 0 Å². The minimum atomic E-state index is -0.846. The lowest BCUT2D eigenvalue weighted by Crippen LogP contribution is -2.43. The van der Waals surface area contributed by atoms with E-state index in [0.717, 1.165) is 16.9 Å². The molecule has 1 aliphatic heterocycles. The molecule has 0 spiro atoms. The van der Waals surface area contributed by atoms with E-state index in [9.17, 15) is 4.79 Å². The molecular formula is C12H14N4O3. The van der Waals surface area contributed by atoms with Gasteiger partial charge in [0.1, 0.15) is 17.8 Å². The molecule has 0 bridgehead atoms. The summed E-state index contributed by atoms with van der Waals surface area (Å²) in [5.74, 6) is -0.0220. The smallest absolute Gasteiger partial charge is 0.306 e. The van der Waals surface area contributed by atoms with E-state index < -0.39 is 5.97 Å². The van der Waals surface area contributed by atoms with E-state index in [2.05, 4.69) is 19.9 Å². The minimum absolute atomic E-state index is 0.0118. The first-order chi connectivity index (χ1) is 9.24. The van der Waals surface area contributed by atoms with E-state index in [4.69, 9.17) is 9.84 Å². The molecule has 2 aromatic heterocycles. The molecule has 100 valence electrons. The number of carbonyl (C=O) groups is 1. The highest BCUT2D eigenvalue weighted by molar-refractivity contribution is 5.87. The van der Waals surface area contributed by atoms with Crippen LogP contribution in [0.2, 0.25) is 0 Å². The summed E-state index contributed by atoms with van der Waals surface area (Å²) >= 11 is 0. The van der Waals surface area contributed by atoms with Gasteiger partial charge in [-0.05, 0) is 6.07 Å². The fraction of sp³-hybridized carbons (Fsp3) is 0.417. The lowest BCUT2D eigenvalue weighted by molar-refractivity contribution is -0.140. The van der Waals surface area contributed by atoms with Gasteiger partial charge in [0.25, 0.3) is 0 Å². The quantitative estimate of drug-likeness (QED) is 0.843. The van der Waals surface area contributed by atoms with Gasteiger partial charge >= 0.3 is 5.97 Å². The maximum absolute atomic E-state index is 10.8. The van der Waals surface area contributed by atoms with Gasteiger partial charge in [-0.25, -0.2) is 9.97 Å². The highest BCUT2D eigenvalue weighted by Crippen LogP contribution is 2.24. The van der Waals surface area contributed by atoms with Crippen molar-refractivity contribution < 1.29 is 14.6 Å². The van der Waals surface area contributed by atoms with Crippen molar-refractivity contribution in [1.29, 1.82) is 0 Å². The Morgan fingerprint density at radius 2 is 2.47 bits per heavy atom. The summed E-state index contributed by atoms with van der Waals surface area (Å²) in [6.45, 7) is 1.74. The van der Waals surface area contributed by atoms with Crippen molar-refractivity contribution >= 4 is 22.8 Å². The second-order valence-electron chi connectivity index (χ2n) is 4.47. The third-order valence-electron chi connectivity index (χ3n) is 3.17. The van der Waals surface area contributed by atoms with Gasteiger partial charge in [0.05, 0.1) is 24.5 Å². The van der Waals surface area contributed by atoms with Crippen LogP contribution in [0.1, 0.15) is 6.42 Å². The first-order valence-electron chi connectivity index (χ1n) is 6.10. The molecule has 0 unspecified atom stereocenters. The zero-order valence-electron chi connectivity index (χ0n) is 10.2. The number of hydrogen-bond donors (Lipinski definition) is 2. The Labute approximate surface area is 109 Å². The average molecular weight is 262 g/mol. The van der Waals surface area contributed by atoms with Gasteiger partial charge in [0, 0.05) is 19.3 Å². The number of morpholine rings is 1. The summed E-state index contributed by atoms with van der Waals surface area (Å²) in [7, 11) is 0. The molecule has 3 heterocycles. The molecule has 1 saturated heterocycles. The van der Waals surface area contributed by atoms with E-state index in [1.165, 1.54) is 6.33 Å². The van der Waals surface area contributed by atoms with Crippen LogP contribution >= 0.6 is 0 Å². The van der Waals surface area contributed by atoms with Gasteiger partial charge < -0.3 is 19.7 Å². The maximum Gasteiger partial charge on any atom is 0.306 e. The van der Waals surface area contributed by atoms with E-state index in [1.54, 1.807) is 0 Å². The Morgan fingerprint density at radius 3 is 3.32 bits per heavy atom. The van der Waals surface area contributed by atoms with E-state index in [0.29, 0.717) is 19.7 Å². The zero-order valence-corrected chi connectivity index (χ0v) is 10.2. The van der Waals surface area contributed by atoms with Crippen molar-refractivity contribution in [3.63, 3.8) is 0 Å². The van der Waals surface area contributed by atoms with Gasteiger partial charge in [-0.15, -0.1) is 0 Å². The number of aromatic nitrogens is 3. The maximum atomic E-state index is 10.8. The van der Waals surface area contributed by atoms with Gasteiger partial charge in [0.2, 0.25) is 0 Å². The molecule has 3 rings (SSSR count). The monoisotopic (exact) mass is 262 g/mol. The van der Waals surface area contributed by atoms with Crippen molar-refractivity contribution in [2.45, 2.75) is 12.5 Å². The number of hydrogen-bond acceptors (Lipinski definition) is 5. The topological polar surface area (TPSA) is 91.3 Å². The second-order valence-corrected chi connectivity index (χ2v) is 4.47. The fourth-order valence-corrected chi connectivity index (χ4v) is 2.34. The normalized spacial score (nSPS) is 19.8.